The van der Waals surface area contributed by atoms with Gasteiger partial charge >= 0.3 is 0 Å². The molecule has 2 aromatic rings. The third kappa shape index (κ3) is 4.30. The number of amides is 1. The third-order valence-corrected chi connectivity index (χ3v) is 5.92. The molecule has 0 unspecified atom stereocenters. The molecule has 0 saturated heterocycles. The first-order valence-corrected chi connectivity index (χ1v) is 10.3. The molecule has 1 fully saturated rings. The van der Waals surface area contributed by atoms with Crippen LogP contribution in [-0.2, 0) is 11.3 Å². The van der Waals surface area contributed by atoms with Crippen molar-refractivity contribution in [2.24, 2.45) is 15.3 Å². The summed E-state index contributed by atoms with van der Waals surface area (Å²) < 4.78 is 4.22. The van der Waals surface area contributed by atoms with Gasteiger partial charge in [0.15, 0.2) is 0 Å². The highest BCUT2D eigenvalue weighted by Gasteiger charge is 2.27. The van der Waals surface area contributed by atoms with Crippen LogP contribution >= 0.6 is 11.9 Å². The molecule has 1 saturated carbocycles. The number of nitrogens with zero attached hydrogens (tertiary/aromatic N) is 3. The van der Waals surface area contributed by atoms with Gasteiger partial charge in [0.05, 0.1) is 23.3 Å². The Hall–Kier alpha value is -2.40. The van der Waals surface area contributed by atoms with Gasteiger partial charge in [-0.05, 0) is 36.6 Å². The Balaban J connectivity index is 1.66. The lowest BCUT2D eigenvalue weighted by molar-refractivity contribution is -0.123. The molecule has 1 aliphatic carbocycles. The average Bonchev–Trinajstić information content (AvgIpc) is 2.98. The van der Waals surface area contributed by atoms with Crippen LogP contribution in [0.3, 0.4) is 0 Å². The summed E-state index contributed by atoms with van der Waals surface area (Å²) in [5.41, 5.74) is 2.91. The van der Waals surface area contributed by atoms with Crippen LogP contribution < -0.4 is 4.90 Å². The van der Waals surface area contributed by atoms with Crippen molar-refractivity contribution in [2.45, 2.75) is 43.5 Å². The average molecular weight is 378 g/mol. The molecule has 1 heterocycles. The van der Waals surface area contributed by atoms with E-state index in [1.54, 1.807) is 12.4 Å². The van der Waals surface area contributed by atoms with Crippen LogP contribution in [0.15, 0.2) is 62.8 Å². The number of benzene rings is 2. The van der Waals surface area contributed by atoms with Crippen molar-refractivity contribution >= 4 is 41.7 Å². The second-order valence-corrected chi connectivity index (χ2v) is 7.85. The molecule has 0 atom stereocenters. The summed E-state index contributed by atoms with van der Waals surface area (Å²) in [6.45, 7) is 0.586. The number of fused-ring (bicyclic) bond motifs is 1. The molecule has 0 aromatic heterocycles. The molecule has 2 aliphatic rings. The van der Waals surface area contributed by atoms with Crippen LogP contribution in [0.5, 0.6) is 0 Å². The highest BCUT2D eigenvalue weighted by molar-refractivity contribution is 7.98. The first-order chi connectivity index (χ1) is 13.3. The largest absolute Gasteiger partial charge is 0.308 e. The van der Waals surface area contributed by atoms with Crippen LogP contribution in [0, 0.1) is 5.92 Å². The predicted octanol–water partition coefficient (Wildman–Crippen LogP) is 5.59. The van der Waals surface area contributed by atoms with Gasteiger partial charge in [-0.3, -0.25) is 9.79 Å². The smallest absolute Gasteiger partial charge is 0.230 e. The number of rotatable bonds is 4. The monoisotopic (exact) mass is 377 g/mol. The molecule has 27 heavy (non-hydrogen) atoms. The standard InChI is InChI=1S/C22H23N3OS/c26-22(18-9-5-2-6-10-18)25(16-17-7-3-1-4-8-17)19-11-12-21-20(15-19)23-13-14-24-27-21/h1,3-4,7-8,11-15,18H,2,5-6,9-10,16H2. The fourth-order valence-corrected chi connectivity index (χ4v) is 4.28. The Kier molecular flexibility index (Phi) is 5.68. The summed E-state index contributed by atoms with van der Waals surface area (Å²) in [6.07, 6.45) is 8.93. The quantitative estimate of drug-likeness (QED) is 0.652. The van der Waals surface area contributed by atoms with Gasteiger partial charge in [-0.25, -0.2) is 4.40 Å². The zero-order chi connectivity index (χ0) is 18.5. The number of hydrogen-bond acceptors (Lipinski definition) is 4. The number of carbonyl (C=O) groups is 1. The fraction of sp³-hybridized carbons (Fsp3) is 0.318. The van der Waals surface area contributed by atoms with E-state index < -0.39 is 0 Å². The molecule has 0 radical (unpaired) electrons. The minimum atomic E-state index is 0.127. The van der Waals surface area contributed by atoms with Crippen molar-refractivity contribution in [1.29, 1.82) is 0 Å². The van der Waals surface area contributed by atoms with Gasteiger partial charge in [0.2, 0.25) is 5.91 Å². The van der Waals surface area contributed by atoms with E-state index in [2.05, 4.69) is 21.5 Å². The molecule has 0 N–H and O–H groups in total. The number of anilines is 1. The number of hydrogen-bond donors (Lipinski definition) is 0. The van der Waals surface area contributed by atoms with E-state index in [4.69, 9.17) is 0 Å². The lowest BCUT2D eigenvalue weighted by Crippen LogP contribution is -2.36. The summed E-state index contributed by atoms with van der Waals surface area (Å²) in [7, 11) is 0. The predicted molar refractivity (Wildman–Crippen MR) is 113 cm³/mol. The van der Waals surface area contributed by atoms with Gasteiger partial charge < -0.3 is 4.90 Å². The fourth-order valence-electron chi connectivity index (χ4n) is 3.71. The van der Waals surface area contributed by atoms with Gasteiger partial charge in [0, 0.05) is 29.8 Å². The Morgan fingerprint density at radius 1 is 1.04 bits per heavy atom. The van der Waals surface area contributed by atoms with Gasteiger partial charge in [0.1, 0.15) is 0 Å². The maximum Gasteiger partial charge on any atom is 0.230 e. The Labute approximate surface area is 164 Å². The second kappa shape index (κ2) is 8.53. The first-order valence-electron chi connectivity index (χ1n) is 9.54. The highest BCUT2D eigenvalue weighted by Crippen LogP contribution is 2.36. The molecular formula is C22H23N3OS. The van der Waals surface area contributed by atoms with Crippen LogP contribution in [0.1, 0.15) is 37.7 Å². The molecule has 4 nitrogen and oxygen atoms in total. The van der Waals surface area contributed by atoms with E-state index >= 15 is 0 Å². The van der Waals surface area contributed by atoms with E-state index in [0.29, 0.717) is 6.54 Å². The Morgan fingerprint density at radius 2 is 1.85 bits per heavy atom. The topological polar surface area (TPSA) is 45.0 Å². The van der Waals surface area contributed by atoms with Crippen LogP contribution in [-0.4, -0.2) is 18.3 Å². The normalized spacial score (nSPS) is 16.6. The molecule has 2 aromatic carbocycles. The number of aliphatic imine (C=N–C) groups is 1. The van der Waals surface area contributed by atoms with E-state index in [1.165, 1.54) is 18.4 Å². The lowest BCUT2D eigenvalue weighted by atomic mass is 9.88. The van der Waals surface area contributed by atoms with E-state index in [1.807, 2.05) is 41.3 Å². The minimum absolute atomic E-state index is 0.127. The maximum atomic E-state index is 13.4. The van der Waals surface area contributed by atoms with E-state index in [9.17, 15) is 4.79 Å². The van der Waals surface area contributed by atoms with Crippen molar-refractivity contribution in [2.75, 3.05) is 4.90 Å². The molecule has 138 valence electrons. The van der Waals surface area contributed by atoms with E-state index in [0.717, 1.165) is 47.5 Å². The van der Waals surface area contributed by atoms with E-state index in [-0.39, 0.29) is 11.8 Å². The van der Waals surface area contributed by atoms with Gasteiger partial charge in [0.25, 0.3) is 0 Å². The van der Waals surface area contributed by atoms with Crippen molar-refractivity contribution in [3.63, 3.8) is 0 Å². The summed E-state index contributed by atoms with van der Waals surface area (Å²) in [4.78, 5) is 20.8. The first kappa shape index (κ1) is 18.0. The molecular weight excluding hydrogens is 354 g/mol. The third-order valence-electron chi connectivity index (χ3n) is 5.15. The summed E-state index contributed by atoms with van der Waals surface area (Å²) in [5.74, 6) is 0.363. The lowest BCUT2D eigenvalue weighted by Gasteiger charge is -2.30. The number of carbonyl (C=O) groups excluding carboxylic acids is 1. The molecule has 0 spiro atoms. The highest BCUT2D eigenvalue weighted by atomic mass is 32.2. The van der Waals surface area contributed by atoms with Gasteiger partial charge in [-0.2, -0.15) is 0 Å². The SMILES string of the molecule is O=C(C1CCCCC1)N(Cc1ccccc1)c1ccc2c(c1)N=CC=NS2. The zero-order valence-corrected chi connectivity index (χ0v) is 16.1. The summed E-state index contributed by atoms with van der Waals surface area (Å²) >= 11 is 1.41. The van der Waals surface area contributed by atoms with Crippen LogP contribution in [0.25, 0.3) is 0 Å². The van der Waals surface area contributed by atoms with Crippen molar-refractivity contribution in [1.82, 2.24) is 0 Å². The van der Waals surface area contributed by atoms with Gasteiger partial charge in [-0.15, -0.1) is 0 Å². The molecule has 4 rings (SSSR count). The Morgan fingerprint density at radius 3 is 2.67 bits per heavy atom. The summed E-state index contributed by atoms with van der Waals surface area (Å²) in [5, 5.41) is 0. The molecule has 1 aliphatic heterocycles. The molecule has 1 amide bonds. The molecule has 0 bridgehead atoms. The van der Waals surface area contributed by atoms with Crippen molar-refractivity contribution in [3.8, 4) is 0 Å². The van der Waals surface area contributed by atoms with Crippen LogP contribution in [0.2, 0.25) is 0 Å². The van der Waals surface area contributed by atoms with Gasteiger partial charge in [-0.1, -0.05) is 49.6 Å². The van der Waals surface area contributed by atoms with Crippen molar-refractivity contribution < 1.29 is 4.79 Å². The van der Waals surface area contributed by atoms with Crippen LogP contribution in [0.4, 0.5) is 11.4 Å². The zero-order valence-electron chi connectivity index (χ0n) is 15.3. The second-order valence-electron chi connectivity index (χ2n) is 7.02. The summed E-state index contributed by atoms with van der Waals surface area (Å²) in [6, 6.07) is 16.2. The minimum Gasteiger partial charge on any atom is -0.308 e. The maximum absolute atomic E-state index is 13.4. The van der Waals surface area contributed by atoms with Crippen molar-refractivity contribution in [3.05, 3.63) is 54.1 Å². The molecule has 5 heteroatoms. The Bertz CT molecular complexity index is 857.